The molecule has 1 fully saturated rings. The van der Waals surface area contributed by atoms with E-state index in [2.05, 4.69) is 17.1 Å². The number of rotatable bonds is 6. The number of benzene rings is 1. The Morgan fingerprint density at radius 3 is 2.77 bits per heavy atom. The molecule has 5 nitrogen and oxygen atoms in total. The fraction of sp³-hybridized carbons (Fsp3) is 0.474. The van der Waals surface area contributed by atoms with E-state index in [0.29, 0.717) is 18.2 Å². The van der Waals surface area contributed by atoms with E-state index in [1.807, 2.05) is 22.4 Å². The second-order valence-corrected chi connectivity index (χ2v) is 7.36. The van der Waals surface area contributed by atoms with Gasteiger partial charge in [-0.1, -0.05) is 18.2 Å². The highest BCUT2D eigenvalue weighted by molar-refractivity contribution is 7.09. The average molecular weight is 396 g/mol. The van der Waals surface area contributed by atoms with Crippen LogP contribution in [0.25, 0.3) is 0 Å². The molecule has 1 saturated heterocycles. The molecule has 1 aromatic heterocycles. The van der Waals surface area contributed by atoms with E-state index in [1.165, 1.54) is 16.9 Å². The van der Waals surface area contributed by atoms with Crippen molar-refractivity contribution in [3.05, 3.63) is 45.9 Å². The maximum atomic E-state index is 12.6. The van der Waals surface area contributed by atoms with Crippen molar-refractivity contribution in [1.82, 2.24) is 9.88 Å². The summed E-state index contributed by atoms with van der Waals surface area (Å²) in [5.74, 6) is 1.59. The van der Waals surface area contributed by atoms with Crippen molar-refractivity contribution in [2.24, 2.45) is 11.7 Å². The Morgan fingerprint density at radius 2 is 2.08 bits per heavy atom. The number of halogens is 1. The average Bonchev–Trinajstić information content (AvgIpc) is 3.11. The summed E-state index contributed by atoms with van der Waals surface area (Å²) in [6.07, 6.45) is 3.77. The highest BCUT2D eigenvalue weighted by Gasteiger charge is 2.25. The number of ether oxygens (including phenoxy) is 1. The molecule has 3 rings (SSSR count). The summed E-state index contributed by atoms with van der Waals surface area (Å²) in [5, 5.41) is 2.80. The van der Waals surface area contributed by atoms with Gasteiger partial charge in [0.15, 0.2) is 0 Å². The lowest BCUT2D eigenvalue weighted by Crippen LogP contribution is -2.39. The predicted octanol–water partition coefficient (Wildman–Crippen LogP) is 3.17. The van der Waals surface area contributed by atoms with Gasteiger partial charge in [0.05, 0.1) is 12.1 Å². The maximum absolute atomic E-state index is 12.6. The van der Waals surface area contributed by atoms with Crippen molar-refractivity contribution in [2.75, 3.05) is 26.7 Å². The van der Waals surface area contributed by atoms with Gasteiger partial charge in [0.1, 0.15) is 11.4 Å². The van der Waals surface area contributed by atoms with Crippen LogP contribution in [0.4, 0.5) is 0 Å². The molecule has 142 valence electrons. The smallest absolute Gasteiger partial charge is 0.273 e. The number of thiazole rings is 1. The van der Waals surface area contributed by atoms with Crippen LogP contribution < -0.4 is 10.5 Å². The van der Waals surface area contributed by atoms with Crippen molar-refractivity contribution in [1.29, 1.82) is 0 Å². The monoisotopic (exact) mass is 395 g/mol. The van der Waals surface area contributed by atoms with Gasteiger partial charge in [-0.25, -0.2) is 4.98 Å². The number of methoxy groups -OCH3 is 1. The lowest BCUT2D eigenvalue weighted by Gasteiger charge is -2.31. The number of hydrogen-bond acceptors (Lipinski definition) is 5. The summed E-state index contributed by atoms with van der Waals surface area (Å²) in [5.41, 5.74) is 7.37. The fourth-order valence-electron chi connectivity index (χ4n) is 3.33. The van der Waals surface area contributed by atoms with Crippen LogP contribution in [0.15, 0.2) is 29.6 Å². The largest absolute Gasteiger partial charge is 0.496 e. The van der Waals surface area contributed by atoms with Gasteiger partial charge >= 0.3 is 0 Å². The number of hydrogen-bond donors (Lipinski definition) is 1. The molecule has 0 unspecified atom stereocenters. The van der Waals surface area contributed by atoms with Crippen molar-refractivity contribution >= 4 is 29.7 Å². The topological polar surface area (TPSA) is 68.5 Å². The van der Waals surface area contributed by atoms with E-state index in [4.69, 9.17) is 10.5 Å². The normalized spacial score (nSPS) is 14.8. The maximum Gasteiger partial charge on any atom is 0.273 e. The van der Waals surface area contributed by atoms with Gasteiger partial charge in [-0.3, -0.25) is 4.79 Å². The van der Waals surface area contributed by atoms with Crippen LogP contribution in [0.3, 0.4) is 0 Å². The lowest BCUT2D eigenvalue weighted by molar-refractivity contribution is 0.0685. The molecule has 0 spiro atoms. The molecule has 2 N–H and O–H groups in total. The zero-order chi connectivity index (χ0) is 17.6. The summed E-state index contributed by atoms with van der Waals surface area (Å²) in [7, 11) is 1.72. The molecule has 0 bridgehead atoms. The van der Waals surface area contributed by atoms with Gasteiger partial charge in [-0.15, -0.1) is 23.7 Å². The van der Waals surface area contributed by atoms with Crippen molar-refractivity contribution in [2.45, 2.75) is 25.7 Å². The molecule has 1 aliphatic rings. The minimum absolute atomic E-state index is 0. The number of amides is 1. The van der Waals surface area contributed by atoms with Crippen molar-refractivity contribution in [3.8, 4) is 5.75 Å². The third-order valence-corrected chi connectivity index (χ3v) is 5.64. The quantitative estimate of drug-likeness (QED) is 0.815. The minimum Gasteiger partial charge on any atom is -0.496 e. The molecule has 0 atom stereocenters. The van der Waals surface area contributed by atoms with Gasteiger partial charge in [-0.2, -0.15) is 0 Å². The molecule has 2 heterocycles. The third-order valence-electron chi connectivity index (χ3n) is 4.73. The van der Waals surface area contributed by atoms with E-state index >= 15 is 0 Å². The van der Waals surface area contributed by atoms with Gasteiger partial charge in [0.25, 0.3) is 5.91 Å². The van der Waals surface area contributed by atoms with Crippen LogP contribution in [-0.2, 0) is 12.8 Å². The third kappa shape index (κ3) is 4.96. The molecule has 0 radical (unpaired) electrons. The lowest BCUT2D eigenvalue weighted by atomic mass is 9.89. The number of para-hydroxylation sites is 1. The Kier molecular flexibility index (Phi) is 7.87. The molecule has 26 heavy (non-hydrogen) atoms. The highest BCUT2D eigenvalue weighted by atomic mass is 35.5. The van der Waals surface area contributed by atoms with Gasteiger partial charge in [-0.05, 0) is 43.4 Å². The Balaban J connectivity index is 0.00000243. The van der Waals surface area contributed by atoms with Crippen LogP contribution in [0.2, 0.25) is 0 Å². The summed E-state index contributed by atoms with van der Waals surface area (Å²) in [6.45, 7) is 2.15. The Bertz CT molecular complexity index is 714. The van der Waals surface area contributed by atoms with Crippen LogP contribution >= 0.6 is 23.7 Å². The first kappa shape index (κ1) is 20.7. The van der Waals surface area contributed by atoms with E-state index in [1.54, 1.807) is 7.11 Å². The molecule has 2 aromatic rings. The van der Waals surface area contributed by atoms with E-state index in [9.17, 15) is 4.79 Å². The minimum atomic E-state index is 0. The summed E-state index contributed by atoms with van der Waals surface area (Å²) >= 11 is 1.52. The number of nitrogens with zero attached hydrogens (tertiary/aromatic N) is 2. The molecule has 1 amide bonds. The highest BCUT2D eigenvalue weighted by Crippen LogP contribution is 2.27. The van der Waals surface area contributed by atoms with E-state index in [-0.39, 0.29) is 18.3 Å². The number of carbonyl (C=O) groups excluding carboxylic acids is 1. The second kappa shape index (κ2) is 9.90. The number of carbonyl (C=O) groups is 1. The number of piperidine rings is 1. The van der Waals surface area contributed by atoms with Gasteiger partial charge in [0.2, 0.25) is 0 Å². The van der Waals surface area contributed by atoms with Crippen LogP contribution in [-0.4, -0.2) is 42.5 Å². The van der Waals surface area contributed by atoms with Crippen LogP contribution in [0, 0.1) is 5.92 Å². The van der Waals surface area contributed by atoms with Gasteiger partial charge in [0, 0.05) is 24.9 Å². The Labute approximate surface area is 165 Å². The van der Waals surface area contributed by atoms with Crippen LogP contribution in [0.5, 0.6) is 5.75 Å². The molecular weight excluding hydrogens is 370 g/mol. The summed E-state index contributed by atoms with van der Waals surface area (Å²) in [6, 6.07) is 8.19. The summed E-state index contributed by atoms with van der Waals surface area (Å²) < 4.78 is 5.45. The predicted molar refractivity (Wildman–Crippen MR) is 107 cm³/mol. The molecule has 1 aromatic carbocycles. The SMILES string of the molecule is COc1ccccc1CC1CCN(C(=O)c2csc(CCN)n2)CC1.Cl. The molecule has 0 aliphatic carbocycles. The Morgan fingerprint density at radius 1 is 1.35 bits per heavy atom. The molecule has 1 aliphatic heterocycles. The Hall–Kier alpha value is -1.63. The molecular formula is C19H26ClN3O2S. The first-order valence-electron chi connectivity index (χ1n) is 8.77. The standard InChI is InChI=1S/C19H25N3O2S.ClH/c1-24-17-5-3-2-4-15(17)12-14-7-10-22(11-8-14)19(23)16-13-25-18(21-16)6-9-20;/h2-5,13-14H,6-12,20H2,1H3;1H. The number of nitrogens with two attached hydrogens (primary N) is 1. The first-order chi connectivity index (χ1) is 12.2. The van der Waals surface area contributed by atoms with E-state index in [0.717, 1.165) is 49.5 Å². The number of likely N-dealkylation sites (tertiary alicyclic amines) is 1. The summed E-state index contributed by atoms with van der Waals surface area (Å²) in [4.78, 5) is 18.9. The zero-order valence-corrected chi connectivity index (χ0v) is 16.7. The zero-order valence-electron chi connectivity index (χ0n) is 15.0. The molecule has 0 saturated carbocycles. The van der Waals surface area contributed by atoms with Crippen molar-refractivity contribution in [3.63, 3.8) is 0 Å². The van der Waals surface area contributed by atoms with Crippen molar-refractivity contribution < 1.29 is 9.53 Å². The van der Waals surface area contributed by atoms with E-state index < -0.39 is 0 Å². The van der Waals surface area contributed by atoms with Gasteiger partial charge < -0.3 is 15.4 Å². The second-order valence-electron chi connectivity index (χ2n) is 6.42. The number of aromatic nitrogens is 1. The fourth-order valence-corrected chi connectivity index (χ4v) is 4.12. The van der Waals surface area contributed by atoms with Crippen LogP contribution in [0.1, 0.15) is 33.9 Å². The molecule has 7 heteroatoms. The first-order valence-corrected chi connectivity index (χ1v) is 9.65.